The summed E-state index contributed by atoms with van der Waals surface area (Å²) in [6, 6.07) is 12.9. The highest BCUT2D eigenvalue weighted by molar-refractivity contribution is 7.92. The molecule has 0 amide bonds. The lowest BCUT2D eigenvalue weighted by atomic mass is 10.2. The molecule has 130 valence electrons. The molecule has 1 aromatic heterocycles. The number of anilines is 2. The molecule has 0 bridgehead atoms. The molecule has 0 spiro atoms. The molecule has 25 heavy (non-hydrogen) atoms. The van der Waals surface area contributed by atoms with Crippen LogP contribution in [0.25, 0.3) is 11.0 Å². The fraction of sp³-hybridized carbons (Fsp3) is 0.118. The smallest absolute Gasteiger partial charge is 0.363 e. The van der Waals surface area contributed by atoms with Crippen LogP contribution in [0, 0.1) is 0 Å². The van der Waals surface area contributed by atoms with Gasteiger partial charge in [0.25, 0.3) is 10.0 Å². The minimum Gasteiger partial charge on any atom is -0.421 e. The zero-order valence-corrected chi connectivity index (χ0v) is 14.8. The third-order valence-electron chi connectivity index (χ3n) is 3.53. The van der Waals surface area contributed by atoms with Gasteiger partial charge in [-0.05, 0) is 31.2 Å². The highest BCUT2D eigenvalue weighted by Crippen LogP contribution is 2.31. The second kappa shape index (κ2) is 6.78. The largest absolute Gasteiger partial charge is 0.421 e. The third kappa shape index (κ3) is 3.33. The number of benzene rings is 2. The Morgan fingerprint density at radius 3 is 2.44 bits per heavy atom. The van der Waals surface area contributed by atoms with Crippen molar-refractivity contribution >= 4 is 44.0 Å². The van der Waals surface area contributed by atoms with Gasteiger partial charge in [-0.15, -0.1) is 0 Å². The number of para-hydroxylation sites is 1. The van der Waals surface area contributed by atoms with Gasteiger partial charge in [-0.1, -0.05) is 35.9 Å². The van der Waals surface area contributed by atoms with Crippen molar-refractivity contribution in [2.45, 2.75) is 11.8 Å². The van der Waals surface area contributed by atoms with Gasteiger partial charge in [0, 0.05) is 11.9 Å². The SMILES string of the molecule is CCNc1c(NS(=O)(=O)c2ccccc2Cl)c(=O)oc2ccccc12. The fourth-order valence-corrected chi connectivity index (χ4v) is 4.04. The highest BCUT2D eigenvalue weighted by Gasteiger charge is 2.23. The lowest BCUT2D eigenvalue weighted by Gasteiger charge is -2.14. The number of fused-ring (bicyclic) bond motifs is 1. The van der Waals surface area contributed by atoms with Gasteiger partial charge in [-0.2, -0.15) is 0 Å². The van der Waals surface area contributed by atoms with E-state index in [9.17, 15) is 13.2 Å². The van der Waals surface area contributed by atoms with Gasteiger partial charge in [0.05, 0.1) is 10.7 Å². The Morgan fingerprint density at radius 1 is 1.04 bits per heavy atom. The minimum absolute atomic E-state index is 0.0603. The van der Waals surface area contributed by atoms with Gasteiger partial charge in [-0.3, -0.25) is 4.72 Å². The molecule has 0 saturated heterocycles. The lowest BCUT2D eigenvalue weighted by molar-refractivity contribution is 0.563. The Hall–Kier alpha value is -2.51. The van der Waals surface area contributed by atoms with Crippen molar-refractivity contribution in [1.29, 1.82) is 0 Å². The molecule has 2 aromatic carbocycles. The van der Waals surface area contributed by atoms with E-state index in [2.05, 4.69) is 10.0 Å². The summed E-state index contributed by atoms with van der Waals surface area (Å²) in [5.74, 6) is 0. The Labute approximate surface area is 149 Å². The molecule has 0 unspecified atom stereocenters. The standard InChI is InChI=1S/C17H15ClN2O4S/c1-2-19-15-11-7-3-5-9-13(11)24-17(21)16(15)20-25(22,23)14-10-6-4-8-12(14)18/h3-10,19-20H,2H2,1H3. The second-order valence-electron chi connectivity index (χ2n) is 5.20. The first-order valence-corrected chi connectivity index (χ1v) is 9.37. The van der Waals surface area contributed by atoms with E-state index in [0.29, 0.717) is 23.2 Å². The summed E-state index contributed by atoms with van der Waals surface area (Å²) >= 11 is 5.97. The van der Waals surface area contributed by atoms with E-state index < -0.39 is 15.6 Å². The maximum atomic E-state index is 12.7. The maximum absolute atomic E-state index is 12.7. The predicted molar refractivity (Wildman–Crippen MR) is 98.9 cm³/mol. The molecule has 0 aliphatic carbocycles. The van der Waals surface area contributed by atoms with Crippen LogP contribution in [-0.2, 0) is 10.0 Å². The first-order chi connectivity index (χ1) is 11.9. The Bertz CT molecular complexity index is 1090. The van der Waals surface area contributed by atoms with Gasteiger partial charge in [0.15, 0.2) is 5.69 Å². The van der Waals surface area contributed by atoms with Gasteiger partial charge < -0.3 is 9.73 Å². The Morgan fingerprint density at radius 2 is 1.72 bits per heavy atom. The average Bonchev–Trinajstić information content (AvgIpc) is 2.58. The van der Waals surface area contributed by atoms with Crippen LogP contribution >= 0.6 is 11.6 Å². The molecule has 0 radical (unpaired) electrons. The molecule has 0 saturated carbocycles. The quantitative estimate of drug-likeness (QED) is 0.661. The van der Waals surface area contributed by atoms with Crippen molar-refractivity contribution in [2.24, 2.45) is 0 Å². The molecule has 0 aliphatic rings. The van der Waals surface area contributed by atoms with E-state index in [1.807, 2.05) is 6.92 Å². The molecule has 0 atom stereocenters. The van der Waals surface area contributed by atoms with Crippen molar-refractivity contribution < 1.29 is 12.8 Å². The second-order valence-corrected chi connectivity index (χ2v) is 7.26. The van der Waals surface area contributed by atoms with Crippen LogP contribution in [0.15, 0.2) is 62.6 Å². The van der Waals surface area contributed by atoms with E-state index in [0.717, 1.165) is 0 Å². The zero-order chi connectivity index (χ0) is 18.0. The van der Waals surface area contributed by atoms with Crippen LogP contribution in [-0.4, -0.2) is 15.0 Å². The summed E-state index contributed by atoms with van der Waals surface area (Å²) in [4.78, 5) is 12.2. The molecule has 6 nitrogen and oxygen atoms in total. The summed E-state index contributed by atoms with van der Waals surface area (Å²) in [7, 11) is -4.06. The lowest BCUT2D eigenvalue weighted by Crippen LogP contribution is -2.21. The fourth-order valence-electron chi connectivity index (χ4n) is 2.45. The van der Waals surface area contributed by atoms with Crippen LogP contribution in [0.5, 0.6) is 0 Å². The van der Waals surface area contributed by atoms with Crippen LogP contribution in [0.4, 0.5) is 11.4 Å². The van der Waals surface area contributed by atoms with Crippen LogP contribution in [0.2, 0.25) is 5.02 Å². The van der Waals surface area contributed by atoms with Crippen molar-refractivity contribution in [2.75, 3.05) is 16.6 Å². The summed E-state index contributed by atoms with van der Waals surface area (Å²) in [5, 5.41) is 3.69. The molecular weight excluding hydrogens is 364 g/mol. The molecule has 0 fully saturated rings. The molecule has 2 N–H and O–H groups in total. The number of nitrogens with one attached hydrogen (secondary N) is 2. The molecule has 1 heterocycles. The monoisotopic (exact) mass is 378 g/mol. The van der Waals surface area contributed by atoms with Gasteiger partial charge in [0.1, 0.15) is 10.5 Å². The maximum Gasteiger partial charge on any atom is 0.363 e. The Balaban J connectivity index is 2.19. The number of hydrogen-bond acceptors (Lipinski definition) is 5. The molecule has 3 rings (SSSR count). The molecule has 0 aliphatic heterocycles. The van der Waals surface area contributed by atoms with Crippen molar-refractivity contribution in [3.63, 3.8) is 0 Å². The van der Waals surface area contributed by atoms with Crippen molar-refractivity contribution in [1.82, 2.24) is 0 Å². The first kappa shape index (κ1) is 17.3. The highest BCUT2D eigenvalue weighted by atomic mass is 35.5. The van der Waals surface area contributed by atoms with Crippen LogP contribution in [0.1, 0.15) is 6.92 Å². The van der Waals surface area contributed by atoms with E-state index in [1.54, 1.807) is 36.4 Å². The number of hydrogen-bond donors (Lipinski definition) is 2. The van der Waals surface area contributed by atoms with Crippen LogP contribution < -0.4 is 15.7 Å². The topological polar surface area (TPSA) is 88.4 Å². The van der Waals surface area contributed by atoms with Gasteiger partial charge in [-0.25, -0.2) is 13.2 Å². The Kier molecular flexibility index (Phi) is 4.69. The average molecular weight is 379 g/mol. The van der Waals surface area contributed by atoms with E-state index in [-0.39, 0.29) is 15.6 Å². The van der Waals surface area contributed by atoms with Crippen LogP contribution in [0.3, 0.4) is 0 Å². The van der Waals surface area contributed by atoms with E-state index in [4.69, 9.17) is 16.0 Å². The summed E-state index contributed by atoms with van der Waals surface area (Å²) in [6.07, 6.45) is 0. The summed E-state index contributed by atoms with van der Waals surface area (Å²) < 4.78 is 32.9. The number of rotatable bonds is 5. The molecular formula is C17H15ClN2O4S. The zero-order valence-electron chi connectivity index (χ0n) is 13.2. The van der Waals surface area contributed by atoms with E-state index in [1.165, 1.54) is 12.1 Å². The third-order valence-corrected chi connectivity index (χ3v) is 5.38. The predicted octanol–water partition coefficient (Wildman–Crippen LogP) is 3.68. The number of halogens is 1. The number of sulfonamides is 1. The van der Waals surface area contributed by atoms with Gasteiger partial charge >= 0.3 is 5.63 Å². The minimum atomic E-state index is -4.06. The van der Waals surface area contributed by atoms with E-state index >= 15 is 0 Å². The summed E-state index contributed by atoms with van der Waals surface area (Å²) in [6.45, 7) is 2.34. The normalized spacial score (nSPS) is 11.4. The first-order valence-electron chi connectivity index (χ1n) is 7.51. The van der Waals surface area contributed by atoms with Crippen molar-refractivity contribution in [3.05, 3.63) is 64.0 Å². The summed E-state index contributed by atoms with van der Waals surface area (Å²) in [5.41, 5.74) is -0.236. The van der Waals surface area contributed by atoms with Gasteiger partial charge in [0.2, 0.25) is 0 Å². The molecule has 3 aromatic rings. The molecule has 8 heteroatoms. The van der Waals surface area contributed by atoms with Crippen molar-refractivity contribution in [3.8, 4) is 0 Å².